The molecule has 22 heavy (non-hydrogen) atoms. The molecule has 0 bridgehead atoms. The highest BCUT2D eigenvalue weighted by atomic mass is 15.3. The van der Waals surface area contributed by atoms with Crippen molar-refractivity contribution in [3.8, 4) is 6.19 Å². The van der Waals surface area contributed by atoms with Gasteiger partial charge in [0.2, 0.25) is 6.19 Å². The van der Waals surface area contributed by atoms with Crippen LogP contribution in [0.2, 0.25) is 0 Å². The van der Waals surface area contributed by atoms with Crippen LogP contribution >= 0.6 is 0 Å². The Labute approximate surface area is 139 Å². The molecule has 0 spiro atoms. The van der Waals surface area contributed by atoms with Crippen molar-refractivity contribution in [3.05, 3.63) is 0 Å². The van der Waals surface area contributed by atoms with Gasteiger partial charge in [0, 0.05) is 32.7 Å². The van der Waals surface area contributed by atoms with Crippen LogP contribution in [-0.2, 0) is 0 Å². The van der Waals surface area contributed by atoms with E-state index >= 15 is 0 Å². The van der Waals surface area contributed by atoms with Crippen molar-refractivity contribution in [1.29, 1.82) is 5.26 Å². The average Bonchev–Trinajstić information content (AvgIpc) is 2.49. The van der Waals surface area contributed by atoms with Gasteiger partial charge in [0.15, 0.2) is 0 Å². The van der Waals surface area contributed by atoms with Gasteiger partial charge in [0.25, 0.3) is 0 Å². The maximum Gasteiger partial charge on any atom is 0.207 e. The largest absolute Gasteiger partial charge is 0.357 e. The first-order valence-electron chi connectivity index (χ1n) is 8.74. The van der Waals surface area contributed by atoms with E-state index in [0.29, 0.717) is 5.41 Å². The summed E-state index contributed by atoms with van der Waals surface area (Å²) < 4.78 is 0. The van der Waals surface area contributed by atoms with E-state index in [-0.39, 0.29) is 0 Å². The monoisotopic (exact) mass is 310 g/mol. The van der Waals surface area contributed by atoms with Gasteiger partial charge in [-0.15, -0.1) is 0 Å². The molecule has 0 amide bonds. The maximum absolute atomic E-state index is 8.50. The molecule has 1 fully saturated rings. The van der Waals surface area contributed by atoms with Crippen LogP contribution in [-0.4, -0.2) is 48.4 Å². The fraction of sp³-hybridized carbons (Fsp3) is 0.889. The number of hydrogen-bond donors (Lipinski definition) is 0. The van der Waals surface area contributed by atoms with Crippen molar-refractivity contribution >= 4 is 5.84 Å². The predicted octanol–water partition coefficient (Wildman–Crippen LogP) is 4.38. The van der Waals surface area contributed by atoms with E-state index in [1.54, 1.807) is 0 Å². The quantitative estimate of drug-likeness (QED) is 0.432. The molecule has 0 aromatic carbocycles. The molecule has 1 aliphatic rings. The Hall–Kier alpha value is -1.08. The standard InChI is InChI=1S/C12H22N4.C4H10.C2H6/c1-11(14-10-13)16-7-5-15(6-8-16)9-12(2,3)4;1-3-4-2;1-2/h5-9H2,1-4H3;3-4H2,1-2H3;1-2H3. The highest BCUT2D eigenvalue weighted by Crippen LogP contribution is 2.16. The smallest absolute Gasteiger partial charge is 0.207 e. The first-order chi connectivity index (χ1) is 10.3. The van der Waals surface area contributed by atoms with E-state index in [1.807, 2.05) is 27.0 Å². The lowest BCUT2D eigenvalue weighted by molar-refractivity contribution is 0.136. The van der Waals surface area contributed by atoms with Gasteiger partial charge in [-0.3, -0.25) is 4.90 Å². The first-order valence-corrected chi connectivity index (χ1v) is 8.74. The van der Waals surface area contributed by atoms with Crippen molar-refractivity contribution in [2.45, 2.75) is 68.2 Å². The number of piperazine rings is 1. The fourth-order valence-corrected chi connectivity index (χ4v) is 2.04. The number of rotatable bonds is 2. The summed E-state index contributed by atoms with van der Waals surface area (Å²) in [6.07, 6.45) is 4.49. The third-order valence-electron chi connectivity index (χ3n) is 3.24. The SMILES string of the molecule is CC.CC(=NC#N)N1CCN(CC(C)(C)C)CC1.CCCC. The van der Waals surface area contributed by atoms with Crippen LogP contribution < -0.4 is 0 Å². The summed E-state index contributed by atoms with van der Waals surface area (Å²) in [5, 5.41) is 8.50. The zero-order valence-corrected chi connectivity index (χ0v) is 16.2. The summed E-state index contributed by atoms with van der Waals surface area (Å²) in [5.41, 5.74) is 0.359. The summed E-state index contributed by atoms with van der Waals surface area (Å²) in [6, 6.07) is 0. The molecule has 1 heterocycles. The second-order valence-corrected chi connectivity index (χ2v) is 6.58. The number of hydrogen-bond acceptors (Lipinski definition) is 3. The zero-order chi connectivity index (χ0) is 17.6. The van der Waals surface area contributed by atoms with Crippen molar-refractivity contribution in [3.63, 3.8) is 0 Å². The van der Waals surface area contributed by atoms with Gasteiger partial charge >= 0.3 is 0 Å². The summed E-state index contributed by atoms with van der Waals surface area (Å²) in [7, 11) is 0. The van der Waals surface area contributed by atoms with Crippen LogP contribution in [0.5, 0.6) is 0 Å². The summed E-state index contributed by atoms with van der Waals surface area (Å²) >= 11 is 0. The molecule has 0 aromatic heterocycles. The molecule has 1 saturated heterocycles. The van der Waals surface area contributed by atoms with E-state index in [1.165, 1.54) is 12.8 Å². The van der Waals surface area contributed by atoms with Gasteiger partial charge in [0.05, 0.1) is 0 Å². The molecule has 0 unspecified atom stereocenters. The second-order valence-electron chi connectivity index (χ2n) is 6.58. The van der Waals surface area contributed by atoms with Crippen molar-refractivity contribution < 1.29 is 0 Å². The van der Waals surface area contributed by atoms with Gasteiger partial charge in [-0.05, 0) is 12.3 Å². The van der Waals surface area contributed by atoms with E-state index in [2.05, 4.69) is 49.4 Å². The van der Waals surface area contributed by atoms with E-state index < -0.39 is 0 Å². The molecule has 4 heteroatoms. The Morgan fingerprint density at radius 3 is 1.82 bits per heavy atom. The lowest BCUT2D eigenvalue weighted by atomic mass is 9.96. The number of nitrogens with zero attached hydrogens (tertiary/aromatic N) is 4. The van der Waals surface area contributed by atoms with E-state index in [4.69, 9.17) is 5.26 Å². The summed E-state index contributed by atoms with van der Waals surface area (Å²) in [6.45, 7) is 22.3. The number of aliphatic imine (C=N–C) groups is 1. The normalized spacial score (nSPS) is 16.0. The molecule has 0 saturated carbocycles. The van der Waals surface area contributed by atoms with Gasteiger partial charge < -0.3 is 4.90 Å². The molecular weight excluding hydrogens is 272 g/mol. The minimum absolute atomic E-state index is 0.359. The molecule has 0 aromatic rings. The van der Waals surface area contributed by atoms with Crippen LogP contribution in [0.4, 0.5) is 0 Å². The minimum atomic E-state index is 0.359. The van der Waals surface area contributed by atoms with E-state index in [9.17, 15) is 0 Å². The first kappa shape index (κ1) is 23.2. The Morgan fingerprint density at radius 1 is 1.05 bits per heavy atom. The van der Waals surface area contributed by atoms with Gasteiger partial charge in [0.1, 0.15) is 5.84 Å². The maximum atomic E-state index is 8.50. The van der Waals surface area contributed by atoms with Crippen molar-refractivity contribution in [1.82, 2.24) is 9.80 Å². The second kappa shape index (κ2) is 13.6. The minimum Gasteiger partial charge on any atom is -0.357 e. The van der Waals surface area contributed by atoms with Crippen molar-refractivity contribution in [2.24, 2.45) is 10.4 Å². The molecule has 0 aliphatic carbocycles. The van der Waals surface area contributed by atoms with Crippen molar-refractivity contribution in [2.75, 3.05) is 32.7 Å². The molecule has 0 radical (unpaired) electrons. The van der Waals surface area contributed by atoms with Crippen LogP contribution in [0, 0.1) is 16.9 Å². The highest BCUT2D eigenvalue weighted by Gasteiger charge is 2.21. The van der Waals surface area contributed by atoms with Gasteiger partial charge in [-0.25, -0.2) is 0 Å². The molecule has 1 rings (SSSR count). The lowest BCUT2D eigenvalue weighted by Crippen LogP contribution is -2.49. The topological polar surface area (TPSA) is 42.6 Å². The third kappa shape index (κ3) is 12.6. The number of amidine groups is 1. The van der Waals surface area contributed by atoms with Gasteiger partial charge in [-0.2, -0.15) is 10.3 Å². The average molecular weight is 311 g/mol. The Morgan fingerprint density at radius 2 is 1.50 bits per heavy atom. The number of unbranched alkanes of at least 4 members (excludes halogenated alkanes) is 1. The van der Waals surface area contributed by atoms with E-state index in [0.717, 1.165) is 38.6 Å². The molecule has 130 valence electrons. The van der Waals surface area contributed by atoms with Gasteiger partial charge in [-0.1, -0.05) is 61.3 Å². The lowest BCUT2D eigenvalue weighted by Gasteiger charge is -2.38. The predicted molar refractivity (Wildman–Crippen MR) is 98.1 cm³/mol. The summed E-state index contributed by atoms with van der Waals surface area (Å²) in [4.78, 5) is 8.44. The molecule has 0 atom stereocenters. The zero-order valence-electron chi connectivity index (χ0n) is 16.2. The Kier molecular flexibility index (Phi) is 14.3. The Balaban J connectivity index is 0. The van der Waals surface area contributed by atoms with Crippen LogP contribution in [0.15, 0.2) is 4.99 Å². The Bertz CT molecular complexity index is 313. The van der Waals surface area contributed by atoms with Crippen LogP contribution in [0.1, 0.15) is 68.2 Å². The summed E-state index contributed by atoms with van der Waals surface area (Å²) in [5.74, 6) is 0.845. The van der Waals surface area contributed by atoms with Crippen LogP contribution in [0.25, 0.3) is 0 Å². The highest BCUT2D eigenvalue weighted by molar-refractivity contribution is 5.80. The number of nitriles is 1. The fourth-order valence-electron chi connectivity index (χ4n) is 2.04. The molecule has 0 N–H and O–H groups in total. The molecule has 1 aliphatic heterocycles. The molecular formula is C18H38N4. The third-order valence-corrected chi connectivity index (χ3v) is 3.24. The van der Waals surface area contributed by atoms with Crippen LogP contribution in [0.3, 0.4) is 0 Å². The molecule has 4 nitrogen and oxygen atoms in total.